The van der Waals surface area contributed by atoms with Gasteiger partial charge >= 0.3 is 0 Å². The second-order valence-corrected chi connectivity index (χ2v) is 6.56. The van der Waals surface area contributed by atoms with E-state index in [1.54, 1.807) is 13.0 Å². The molecule has 0 unspecified atom stereocenters. The van der Waals surface area contributed by atoms with Crippen molar-refractivity contribution in [1.82, 2.24) is 15.4 Å². The molecule has 2 aliphatic rings. The molecule has 25 heavy (non-hydrogen) atoms. The Hall–Kier alpha value is -2.82. The minimum Gasteiger partial charge on any atom is -0.371 e. The second kappa shape index (κ2) is 6.59. The molecule has 1 aliphatic carbocycles. The molecule has 1 N–H and O–H groups in total. The molecule has 5 nitrogen and oxygen atoms in total. The number of fused-ring (bicyclic) bond motifs is 1. The van der Waals surface area contributed by atoms with Gasteiger partial charge in [-0.1, -0.05) is 29.4 Å². The van der Waals surface area contributed by atoms with Gasteiger partial charge in [0.25, 0.3) is 5.91 Å². The number of rotatable bonds is 4. The molecule has 0 bridgehead atoms. The first-order valence-corrected chi connectivity index (χ1v) is 8.64. The first-order valence-electron chi connectivity index (χ1n) is 8.64. The number of benzene rings is 1. The van der Waals surface area contributed by atoms with Crippen molar-refractivity contribution in [2.24, 2.45) is 0 Å². The van der Waals surface area contributed by atoms with E-state index in [0.717, 1.165) is 31.5 Å². The molecule has 0 spiro atoms. The van der Waals surface area contributed by atoms with Crippen molar-refractivity contribution >= 4 is 5.91 Å². The van der Waals surface area contributed by atoms with Gasteiger partial charge in [0.05, 0.1) is 5.69 Å². The Morgan fingerprint density at radius 2 is 2.04 bits per heavy atom. The summed E-state index contributed by atoms with van der Waals surface area (Å²) in [6.45, 7) is 4.38. The van der Waals surface area contributed by atoms with Crippen LogP contribution in [0.1, 0.15) is 32.9 Å². The van der Waals surface area contributed by atoms with Crippen molar-refractivity contribution in [2.45, 2.75) is 26.3 Å². The van der Waals surface area contributed by atoms with Crippen LogP contribution in [0.5, 0.6) is 0 Å². The molecule has 0 fully saturated rings. The van der Waals surface area contributed by atoms with Gasteiger partial charge in [0, 0.05) is 31.4 Å². The van der Waals surface area contributed by atoms with Crippen LogP contribution in [0.3, 0.4) is 0 Å². The zero-order chi connectivity index (χ0) is 17.2. The molecular weight excluding hydrogens is 314 g/mol. The monoisotopic (exact) mass is 335 g/mol. The fourth-order valence-electron chi connectivity index (χ4n) is 3.28. The third kappa shape index (κ3) is 3.36. The van der Waals surface area contributed by atoms with Gasteiger partial charge in [-0.3, -0.25) is 4.79 Å². The number of hydrogen-bond donors (Lipinski definition) is 1. The minimum atomic E-state index is -0.231. The zero-order valence-electron chi connectivity index (χ0n) is 14.3. The number of aryl methyl sites for hydroxylation is 1. The van der Waals surface area contributed by atoms with Crippen LogP contribution in [0, 0.1) is 6.92 Å². The molecule has 5 heteroatoms. The summed E-state index contributed by atoms with van der Waals surface area (Å²) < 4.78 is 4.99. The summed E-state index contributed by atoms with van der Waals surface area (Å²) in [5, 5.41) is 6.64. The third-order valence-corrected chi connectivity index (χ3v) is 4.78. The van der Waals surface area contributed by atoms with Gasteiger partial charge in [-0.05, 0) is 48.6 Å². The summed E-state index contributed by atoms with van der Waals surface area (Å²) >= 11 is 0. The van der Waals surface area contributed by atoms with Crippen molar-refractivity contribution in [1.29, 1.82) is 0 Å². The molecule has 0 radical (unpaired) electrons. The molecule has 0 atom stereocenters. The Labute approximate surface area is 147 Å². The summed E-state index contributed by atoms with van der Waals surface area (Å²) in [6.07, 6.45) is 8.52. The number of nitrogens with zero attached hydrogens (tertiary/aromatic N) is 2. The molecule has 2 aromatic rings. The third-order valence-electron chi connectivity index (χ3n) is 4.78. The van der Waals surface area contributed by atoms with E-state index in [0.29, 0.717) is 12.2 Å². The minimum absolute atomic E-state index is 0.231. The number of carbonyl (C=O) groups excluding carboxylic acids is 1. The van der Waals surface area contributed by atoms with E-state index >= 15 is 0 Å². The Bertz CT molecular complexity index is 864. The molecule has 2 heterocycles. The van der Waals surface area contributed by atoms with Crippen LogP contribution < -0.4 is 5.32 Å². The van der Waals surface area contributed by atoms with E-state index in [2.05, 4.69) is 51.8 Å². The molecular formula is C20H21N3O2. The van der Waals surface area contributed by atoms with E-state index in [4.69, 9.17) is 4.52 Å². The number of carbonyl (C=O) groups is 1. The standard InChI is InChI=1S/C20H21N3O2/c1-14-11-19(25-22-14)20(24)21-13-15-5-6-16-7-9-23(18-3-2-4-18)10-8-17(16)12-15/h2-6,11-12H,7-10,13H2,1H3,(H,21,24). The van der Waals surface area contributed by atoms with Gasteiger partial charge in [0.1, 0.15) is 0 Å². The van der Waals surface area contributed by atoms with E-state index in [1.807, 2.05) is 0 Å². The quantitative estimate of drug-likeness (QED) is 0.933. The lowest BCUT2D eigenvalue weighted by molar-refractivity contribution is 0.0914. The van der Waals surface area contributed by atoms with Crippen LogP contribution in [0.2, 0.25) is 0 Å². The Morgan fingerprint density at radius 1 is 1.24 bits per heavy atom. The van der Waals surface area contributed by atoms with Gasteiger partial charge in [0.2, 0.25) is 5.76 Å². The van der Waals surface area contributed by atoms with Crippen LogP contribution in [0.15, 0.2) is 52.7 Å². The fraction of sp³-hybridized carbons (Fsp3) is 0.300. The first-order chi connectivity index (χ1) is 12.2. The Kier molecular flexibility index (Phi) is 4.14. The lowest BCUT2D eigenvalue weighted by atomic mass is 10.00. The Balaban J connectivity index is 1.40. The molecule has 128 valence electrons. The normalized spacial score (nSPS) is 15.9. The van der Waals surface area contributed by atoms with Crippen molar-refractivity contribution in [3.05, 3.63) is 76.3 Å². The highest BCUT2D eigenvalue weighted by Gasteiger charge is 2.17. The number of amides is 1. The highest BCUT2D eigenvalue weighted by atomic mass is 16.5. The maximum absolute atomic E-state index is 12.1. The van der Waals surface area contributed by atoms with E-state index in [-0.39, 0.29) is 11.7 Å². The van der Waals surface area contributed by atoms with Crippen LogP contribution in [0.4, 0.5) is 0 Å². The van der Waals surface area contributed by atoms with Gasteiger partial charge in [0.15, 0.2) is 0 Å². The predicted octanol–water partition coefficient (Wildman–Crippen LogP) is 2.77. The van der Waals surface area contributed by atoms with Crippen molar-refractivity contribution in [3.63, 3.8) is 0 Å². The van der Waals surface area contributed by atoms with Crippen LogP contribution in [-0.4, -0.2) is 29.1 Å². The molecule has 1 amide bonds. The number of aromatic nitrogens is 1. The van der Waals surface area contributed by atoms with Crippen LogP contribution in [-0.2, 0) is 19.4 Å². The molecule has 1 aromatic heterocycles. The molecule has 0 saturated heterocycles. The van der Waals surface area contributed by atoms with Gasteiger partial charge in [-0.2, -0.15) is 0 Å². The van der Waals surface area contributed by atoms with Gasteiger partial charge < -0.3 is 14.7 Å². The summed E-state index contributed by atoms with van der Waals surface area (Å²) in [6, 6.07) is 8.16. The average Bonchev–Trinajstić information content (AvgIpc) is 2.90. The molecule has 0 saturated carbocycles. The first kappa shape index (κ1) is 15.7. The lowest BCUT2D eigenvalue weighted by Crippen LogP contribution is -2.26. The molecule has 1 aliphatic heterocycles. The second-order valence-electron chi connectivity index (χ2n) is 6.56. The predicted molar refractivity (Wildman–Crippen MR) is 95.1 cm³/mol. The number of allylic oxidation sites excluding steroid dienone is 3. The van der Waals surface area contributed by atoms with E-state index in [9.17, 15) is 4.79 Å². The highest BCUT2D eigenvalue weighted by molar-refractivity contribution is 5.91. The maximum atomic E-state index is 12.1. The van der Waals surface area contributed by atoms with E-state index in [1.165, 1.54) is 16.8 Å². The van der Waals surface area contributed by atoms with Crippen LogP contribution in [0.25, 0.3) is 0 Å². The molecule has 4 rings (SSSR count). The summed E-state index contributed by atoms with van der Waals surface area (Å²) in [4.78, 5) is 14.5. The molecule has 1 aromatic carbocycles. The number of hydrogen-bond acceptors (Lipinski definition) is 4. The van der Waals surface area contributed by atoms with Crippen molar-refractivity contribution < 1.29 is 9.32 Å². The van der Waals surface area contributed by atoms with Gasteiger partial charge in [-0.15, -0.1) is 0 Å². The average molecular weight is 335 g/mol. The topological polar surface area (TPSA) is 58.4 Å². The SMILES string of the molecule is Cc1cc(C(=O)NCc2ccc3c(c2)CCN(C2=CC=C2)CC3)on1. The zero-order valence-corrected chi connectivity index (χ0v) is 14.3. The largest absolute Gasteiger partial charge is 0.371 e. The van der Waals surface area contributed by atoms with Crippen molar-refractivity contribution in [3.8, 4) is 0 Å². The highest BCUT2D eigenvalue weighted by Crippen LogP contribution is 2.22. The van der Waals surface area contributed by atoms with Gasteiger partial charge in [-0.25, -0.2) is 0 Å². The maximum Gasteiger partial charge on any atom is 0.290 e. The van der Waals surface area contributed by atoms with Crippen LogP contribution >= 0.6 is 0 Å². The van der Waals surface area contributed by atoms with E-state index < -0.39 is 0 Å². The fourth-order valence-corrected chi connectivity index (χ4v) is 3.28. The summed E-state index contributed by atoms with van der Waals surface area (Å²) in [5.41, 5.74) is 5.94. The lowest BCUT2D eigenvalue weighted by Gasteiger charge is -2.26. The number of nitrogens with one attached hydrogen (secondary N) is 1. The Morgan fingerprint density at radius 3 is 2.72 bits per heavy atom. The summed E-state index contributed by atoms with van der Waals surface area (Å²) in [7, 11) is 0. The van der Waals surface area contributed by atoms with Crippen molar-refractivity contribution in [2.75, 3.05) is 13.1 Å². The summed E-state index contributed by atoms with van der Waals surface area (Å²) in [5.74, 6) is 0.0233. The smallest absolute Gasteiger partial charge is 0.290 e.